The van der Waals surface area contributed by atoms with Crippen molar-refractivity contribution in [2.75, 3.05) is 0 Å². The summed E-state index contributed by atoms with van der Waals surface area (Å²) >= 11 is -0.599. The molecule has 0 amide bonds. The number of benzene rings is 6. The van der Waals surface area contributed by atoms with Crippen LogP contribution in [0.15, 0.2) is 190 Å². The number of halogens is 1. The van der Waals surface area contributed by atoms with E-state index in [-0.39, 0.29) is 0 Å². The van der Waals surface area contributed by atoms with E-state index in [1.807, 2.05) is 42.6 Å². The Balaban J connectivity index is 1.03. The second-order valence-corrected chi connectivity index (χ2v) is 15.4. The summed E-state index contributed by atoms with van der Waals surface area (Å²) in [6.45, 7) is 0. The average Bonchev–Trinajstić information content (AvgIpc) is 3.61. The van der Waals surface area contributed by atoms with E-state index in [1.165, 1.54) is 11.1 Å². The number of amidine groups is 1. The van der Waals surface area contributed by atoms with E-state index in [9.17, 15) is 0 Å². The molecule has 6 heteroatoms. The van der Waals surface area contributed by atoms with Gasteiger partial charge >= 0.3 is 0 Å². The fourth-order valence-corrected chi connectivity index (χ4v) is 9.44. The summed E-state index contributed by atoms with van der Waals surface area (Å²) in [6, 6.07) is 59.0. The predicted molar refractivity (Wildman–Crippen MR) is 227 cm³/mol. The number of pyridine rings is 2. The van der Waals surface area contributed by atoms with Crippen LogP contribution in [-0.4, -0.2) is 23.2 Å². The fourth-order valence-electron chi connectivity index (χ4n) is 6.92. The molecule has 0 saturated heterocycles. The number of furan rings is 1. The number of aliphatic imine (C=N–C) groups is 2. The summed E-state index contributed by atoms with van der Waals surface area (Å²) in [4.78, 5) is 20.0. The Bertz CT molecular complexity index is 2910. The lowest BCUT2D eigenvalue weighted by molar-refractivity contribution is 0.656. The highest BCUT2D eigenvalue weighted by Gasteiger charge is 2.20. The molecule has 53 heavy (non-hydrogen) atoms. The van der Waals surface area contributed by atoms with Crippen LogP contribution in [0.2, 0.25) is 0 Å². The quantitative estimate of drug-likeness (QED) is 0.158. The van der Waals surface area contributed by atoms with Crippen LogP contribution in [0.4, 0.5) is 0 Å². The van der Waals surface area contributed by atoms with Gasteiger partial charge in [0.1, 0.15) is 12.9 Å². The second-order valence-electron chi connectivity index (χ2n) is 12.8. The fraction of sp³-hybridized carbons (Fsp3) is 0. The van der Waals surface area contributed by atoms with Gasteiger partial charge in [-0.25, -0.2) is 15.0 Å². The molecular weight excluding hydrogens is 763 g/mol. The van der Waals surface area contributed by atoms with Gasteiger partial charge < -0.3 is 4.42 Å². The highest BCUT2D eigenvalue weighted by Crippen LogP contribution is 2.40. The molecule has 0 radical (unpaired) electrons. The first kappa shape index (κ1) is 31.4. The zero-order valence-electron chi connectivity index (χ0n) is 28.3. The van der Waals surface area contributed by atoms with Crippen molar-refractivity contribution in [2.45, 2.75) is 0 Å². The molecule has 0 aliphatic carbocycles. The second kappa shape index (κ2) is 13.3. The monoisotopic (exact) mass is 792 g/mol. The maximum absolute atomic E-state index is 6.24. The number of rotatable bonds is 6. The third-order valence-electron chi connectivity index (χ3n) is 9.53. The lowest BCUT2D eigenvalue weighted by Crippen LogP contribution is -2.11. The summed E-state index contributed by atoms with van der Waals surface area (Å²) in [6.07, 6.45) is 1.83. The normalized spacial score (nSPS) is 13.0. The first-order chi connectivity index (χ1) is 26.2. The number of fused-ring (bicyclic) bond motifs is 4. The van der Waals surface area contributed by atoms with E-state index in [0.29, 0.717) is 5.71 Å². The van der Waals surface area contributed by atoms with Crippen molar-refractivity contribution in [3.8, 4) is 33.4 Å². The van der Waals surface area contributed by atoms with Gasteiger partial charge in [-0.3, -0.25) is 4.98 Å². The van der Waals surface area contributed by atoms with Crippen molar-refractivity contribution in [1.82, 2.24) is 9.97 Å². The molecule has 4 heterocycles. The van der Waals surface area contributed by atoms with E-state index in [4.69, 9.17) is 24.4 Å². The molecule has 0 atom stereocenters. The Hall–Kier alpha value is -6.38. The van der Waals surface area contributed by atoms with Gasteiger partial charge in [-0.2, -0.15) is 0 Å². The third-order valence-corrected chi connectivity index (χ3v) is 12.3. The first-order valence-electron chi connectivity index (χ1n) is 17.4. The van der Waals surface area contributed by atoms with E-state index in [1.54, 1.807) is 0 Å². The SMILES string of the molecule is c1ccc(C2=NC(c3ccc(-c4cccc(-c5c6ncccc6nc6oc7ccccc7c56)c4)cc3)=NC(c3ccc(-c4ccccc4)cc3)=I2)cc1. The third kappa shape index (κ3) is 5.87. The molecule has 0 spiro atoms. The van der Waals surface area contributed by atoms with Gasteiger partial charge in [0.15, 0.2) is 5.84 Å². The van der Waals surface area contributed by atoms with Crippen molar-refractivity contribution in [3.05, 3.63) is 193 Å². The van der Waals surface area contributed by atoms with Crippen LogP contribution in [-0.2, 0) is 0 Å². The number of hydrogen-bond donors (Lipinski definition) is 0. The van der Waals surface area contributed by atoms with E-state index in [2.05, 4.69) is 133 Å². The van der Waals surface area contributed by atoms with Crippen molar-refractivity contribution in [3.63, 3.8) is 0 Å². The first-order valence-corrected chi connectivity index (χ1v) is 19.6. The molecule has 10 rings (SSSR count). The summed E-state index contributed by atoms with van der Waals surface area (Å²) in [5.41, 5.74) is 13.1. The molecule has 3 aromatic heterocycles. The molecule has 1 aliphatic heterocycles. The molecule has 1 aliphatic rings. The minimum absolute atomic E-state index is 0.599. The zero-order valence-corrected chi connectivity index (χ0v) is 30.5. The van der Waals surface area contributed by atoms with Crippen LogP contribution in [0.5, 0.6) is 0 Å². The predicted octanol–water partition coefficient (Wildman–Crippen LogP) is 11.9. The minimum Gasteiger partial charge on any atom is -0.438 e. The van der Waals surface area contributed by atoms with E-state index < -0.39 is 20.7 Å². The van der Waals surface area contributed by atoms with Crippen molar-refractivity contribution in [2.24, 2.45) is 9.98 Å². The number of para-hydroxylation sites is 1. The molecule has 0 N–H and O–H groups in total. The maximum atomic E-state index is 6.24. The Labute approximate surface area is 315 Å². The van der Waals surface area contributed by atoms with Crippen molar-refractivity contribution >= 4 is 67.0 Å². The largest absolute Gasteiger partial charge is 0.438 e. The van der Waals surface area contributed by atoms with Crippen LogP contribution in [0.25, 0.3) is 66.5 Å². The van der Waals surface area contributed by atoms with Gasteiger partial charge in [0.2, 0.25) is 5.71 Å². The van der Waals surface area contributed by atoms with Gasteiger partial charge in [-0.15, -0.1) is 0 Å². The van der Waals surface area contributed by atoms with Crippen LogP contribution in [0.3, 0.4) is 0 Å². The Kier molecular flexibility index (Phi) is 7.87. The molecule has 0 saturated carbocycles. The van der Waals surface area contributed by atoms with Crippen LogP contribution >= 0.6 is 20.7 Å². The van der Waals surface area contributed by atoms with Gasteiger partial charge in [0.25, 0.3) is 0 Å². The zero-order chi connectivity index (χ0) is 35.1. The van der Waals surface area contributed by atoms with Crippen LogP contribution < -0.4 is 0 Å². The highest BCUT2D eigenvalue weighted by atomic mass is 127. The topological polar surface area (TPSA) is 63.6 Å². The Morgan fingerprint density at radius 1 is 0.472 bits per heavy atom. The smallest absolute Gasteiger partial charge is 0.228 e. The number of aromatic nitrogens is 2. The Morgan fingerprint density at radius 2 is 1.09 bits per heavy atom. The van der Waals surface area contributed by atoms with Gasteiger partial charge in [-0.1, -0.05) is 146 Å². The Morgan fingerprint density at radius 3 is 1.89 bits per heavy atom. The summed E-state index contributed by atoms with van der Waals surface area (Å²) in [7, 11) is 0. The van der Waals surface area contributed by atoms with Gasteiger partial charge in [0.05, 0.1) is 16.4 Å². The molecular formula is C47H29IN4O. The standard InChI is InChI=1S/C47H29IN4O/c1-3-11-30(12-4-1)31-20-24-34(25-21-31)45-48-44(33-13-5-2-6-14-33)51-46(52-45)35-26-22-32(23-27-35)36-15-9-16-37(29-36)41-42-38-17-7-8-19-40(38)53-47(42)50-39-18-10-28-49-43(39)41/h1-29H. The number of nitrogens with zero attached hydrogens (tertiary/aromatic N) is 4. The maximum Gasteiger partial charge on any atom is 0.228 e. The molecule has 5 nitrogen and oxygen atoms in total. The lowest BCUT2D eigenvalue weighted by atomic mass is 9.95. The van der Waals surface area contributed by atoms with E-state index >= 15 is 0 Å². The minimum atomic E-state index is -0.599. The molecule has 9 aromatic rings. The molecule has 6 aromatic carbocycles. The molecule has 0 unspecified atom stereocenters. The molecule has 0 bridgehead atoms. The summed E-state index contributed by atoms with van der Waals surface area (Å²) < 4.78 is 8.47. The van der Waals surface area contributed by atoms with Gasteiger partial charge in [-0.05, 0) is 72.8 Å². The number of hydrogen-bond acceptors (Lipinski definition) is 5. The van der Waals surface area contributed by atoms with Crippen molar-refractivity contribution < 1.29 is 4.42 Å². The molecule has 250 valence electrons. The van der Waals surface area contributed by atoms with Crippen LogP contribution in [0.1, 0.15) is 16.7 Å². The van der Waals surface area contributed by atoms with Gasteiger partial charge in [0, 0.05) is 33.8 Å². The van der Waals surface area contributed by atoms with E-state index in [0.717, 1.165) is 79.5 Å². The summed E-state index contributed by atoms with van der Waals surface area (Å²) in [5, 5.41) is 2.01. The van der Waals surface area contributed by atoms with Crippen LogP contribution in [0, 0.1) is 0 Å². The highest BCUT2D eigenvalue weighted by molar-refractivity contribution is 14.2. The summed E-state index contributed by atoms with van der Waals surface area (Å²) in [5.74, 6) is 0.737. The van der Waals surface area contributed by atoms with Crippen molar-refractivity contribution in [1.29, 1.82) is 0 Å². The average molecular weight is 793 g/mol. The molecule has 0 fully saturated rings. The lowest BCUT2D eigenvalue weighted by Gasteiger charge is -2.14.